The van der Waals surface area contributed by atoms with Crippen molar-refractivity contribution in [3.05, 3.63) is 12.2 Å². The van der Waals surface area contributed by atoms with E-state index in [1.807, 2.05) is 0 Å². The lowest BCUT2D eigenvalue weighted by Gasteiger charge is -2.15. The number of esters is 1. The van der Waals surface area contributed by atoms with Gasteiger partial charge in [0.25, 0.3) is 0 Å². The van der Waals surface area contributed by atoms with Crippen molar-refractivity contribution in [1.82, 2.24) is 0 Å². The summed E-state index contributed by atoms with van der Waals surface area (Å²) in [7, 11) is 0. The van der Waals surface area contributed by atoms with Crippen LogP contribution >= 0.6 is 0 Å². The smallest absolute Gasteiger partial charge is 0.306 e. The molecule has 0 radical (unpaired) electrons. The Morgan fingerprint density at radius 2 is 0.792 bits per heavy atom. The third-order valence-corrected chi connectivity index (χ3v) is 9.97. The molecule has 0 aliphatic rings. The quantitative estimate of drug-likeness (QED) is 0.0398. The summed E-state index contributed by atoms with van der Waals surface area (Å²) in [4.78, 5) is 23.3. The van der Waals surface area contributed by atoms with Crippen LogP contribution in [0.5, 0.6) is 0 Å². The molecule has 48 heavy (non-hydrogen) atoms. The number of unbranched alkanes of at least 4 members (excludes halogenated alkanes) is 31. The van der Waals surface area contributed by atoms with Gasteiger partial charge in [0, 0.05) is 12.8 Å². The highest BCUT2D eigenvalue weighted by atomic mass is 16.5. The number of carbonyl (C=O) groups is 2. The molecule has 0 rings (SSSR count). The van der Waals surface area contributed by atoms with Gasteiger partial charge in [-0.1, -0.05) is 206 Å². The van der Waals surface area contributed by atoms with Gasteiger partial charge < -0.3 is 9.84 Å². The maximum Gasteiger partial charge on any atom is 0.306 e. The van der Waals surface area contributed by atoms with Gasteiger partial charge in [0.05, 0.1) is 0 Å². The lowest BCUT2D eigenvalue weighted by atomic mass is 10.0. The third kappa shape index (κ3) is 39.1. The topological polar surface area (TPSA) is 63.6 Å². The van der Waals surface area contributed by atoms with Crippen LogP contribution in [0.2, 0.25) is 0 Å². The van der Waals surface area contributed by atoms with Crippen LogP contribution in [0.3, 0.4) is 0 Å². The number of hydrogen-bond donors (Lipinski definition) is 1. The fraction of sp³-hybridized carbons (Fsp3) is 0.909. The molecule has 0 spiro atoms. The second-order valence-corrected chi connectivity index (χ2v) is 14.9. The molecule has 0 fully saturated rings. The second kappa shape index (κ2) is 40.1. The number of carboxylic acids is 1. The summed E-state index contributed by atoms with van der Waals surface area (Å²) in [5, 5.41) is 8.82. The average molecular weight is 677 g/mol. The molecule has 4 heteroatoms. The fourth-order valence-corrected chi connectivity index (χ4v) is 6.74. The van der Waals surface area contributed by atoms with E-state index >= 15 is 0 Å². The summed E-state index contributed by atoms with van der Waals surface area (Å²) in [6.07, 6.45) is 49.9. The van der Waals surface area contributed by atoms with Crippen LogP contribution in [-0.4, -0.2) is 23.1 Å². The first-order chi connectivity index (χ1) is 23.6. The summed E-state index contributed by atoms with van der Waals surface area (Å²) in [5.74, 6) is -0.776. The molecule has 0 aliphatic heterocycles. The Balaban J connectivity index is 3.68. The minimum absolute atomic E-state index is 0.0581. The molecule has 1 unspecified atom stereocenters. The van der Waals surface area contributed by atoms with Gasteiger partial charge in [0.15, 0.2) is 0 Å². The number of rotatable bonds is 40. The van der Waals surface area contributed by atoms with Gasteiger partial charge in [-0.15, -0.1) is 0 Å². The van der Waals surface area contributed by atoms with E-state index in [2.05, 4.69) is 26.0 Å². The number of ether oxygens (including phenoxy) is 1. The van der Waals surface area contributed by atoms with E-state index < -0.39 is 5.97 Å². The number of allylic oxidation sites excluding steroid dienone is 1. The van der Waals surface area contributed by atoms with Crippen molar-refractivity contribution in [2.24, 2.45) is 0 Å². The average Bonchev–Trinajstić information content (AvgIpc) is 3.07. The Morgan fingerprint density at radius 3 is 1.19 bits per heavy atom. The Bertz CT molecular complexity index is 687. The third-order valence-electron chi connectivity index (χ3n) is 9.97. The Morgan fingerprint density at radius 1 is 0.458 bits per heavy atom. The number of aliphatic carboxylic acids is 1. The minimum Gasteiger partial charge on any atom is -0.481 e. The Kier molecular flexibility index (Phi) is 39.0. The first-order valence-corrected chi connectivity index (χ1v) is 21.7. The van der Waals surface area contributed by atoms with Crippen LogP contribution in [0.15, 0.2) is 12.2 Å². The van der Waals surface area contributed by atoms with Crippen LogP contribution in [0.4, 0.5) is 0 Å². The van der Waals surface area contributed by atoms with E-state index in [-0.39, 0.29) is 18.5 Å². The van der Waals surface area contributed by atoms with Crippen molar-refractivity contribution in [1.29, 1.82) is 0 Å². The summed E-state index contributed by atoms with van der Waals surface area (Å²) < 4.78 is 5.87. The van der Waals surface area contributed by atoms with Crippen LogP contribution in [0.1, 0.15) is 251 Å². The molecule has 1 N–H and O–H groups in total. The normalized spacial score (nSPS) is 12.2. The van der Waals surface area contributed by atoms with Crippen molar-refractivity contribution < 1.29 is 19.4 Å². The Hall–Kier alpha value is -1.32. The van der Waals surface area contributed by atoms with Crippen LogP contribution < -0.4 is 0 Å². The SMILES string of the molecule is CCCCCCC/C=C\C(CCCCCCC(=O)O)OC(=O)CCCCCCCCCCCCCCCCCCCCCCCCCC. The van der Waals surface area contributed by atoms with E-state index in [9.17, 15) is 9.59 Å². The van der Waals surface area contributed by atoms with Crippen molar-refractivity contribution in [2.45, 2.75) is 258 Å². The molecule has 0 bridgehead atoms. The molecular weight excluding hydrogens is 592 g/mol. The van der Waals surface area contributed by atoms with Crippen LogP contribution in [0.25, 0.3) is 0 Å². The monoisotopic (exact) mass is 677 g/mol. The molecule has 0 aromatic heterocycles. The predicted molar refractivity (Wildman–Crippen MR) is 209 cm³/mol. The predicted octanol–water partition coefficient (Wildman–Crippen LogP) is 15.0. The molecule has 0 saturated carbocycles. The van der Waals surface area contributed by atoms with Gasteiger partial charge in [0.2, 0.25) is 0 Å². The zero-order chi connectivity index (χ0) is 35.0. The number of carboxylic acid groups (broad SMARTS) is 1. The lowest BCUT2D eigenvalue weighted by molar-refractivity contribution is -0.147. The largest absolute Gasteiger partial charge is 0.481 e. The second-order valence-electron chi connectivity index (χ2n) is 14.9. The van der Waals surface area contributed by atoms with E-state index in [0.717, 1.165) is 51.4 Å². The zero-order valence-corrected chi connectivity index (χ0v) is 32.6. The Labute approximate surface area is 300 Å². The van der Waals surface area contributed by atoms with Crippen molar-refractivity contribution in [3.8, 4) is 0 Å². The summed E-state index contributed by atoms with van der Waals surface area (Å²) in [6, 6.07) is 0. The van der Waals surface area contributed by atoms with Crippen molar-refractivity contribution >= 4 is 11.9 Å². The molecule has 284 valence electrons. The van der Waals surface area contributed by atoms with E-state index in [1.54, 1.807) is 0 Å². The molecule has 0 heterocycles. The first-order valence-electron chi connectivity index (χ1n) is 21.7. The molecule has 0 saturated heterocycles. The van der Waals surface area contributed by atoms with Crippen LogP contribution in [-0.2, 0) is 14.3 Å². The minimum atomic E-state index is -0.718. The van der Waals surface area contributed by atoms with Gasteiger partial charge in [0.1, 0.15) is 6.10 Å². The summed E-state index contributed by atoms with van der Waals surface area (Å²) in [6.45, 7) is 4.54. The van der Waals surface area contributed by atoms with Gasteiger partial charge in [-0.2, -0.15) is 0 Å². The highest BCUT2D eigenvalue weighted by Crippen LogP contribution is 2.17. The first kappa shape index (κ1) is 46.7. The molecule has 0 amide bonds. The molecular formula is C44H84O4. The van der Waals surface area contributed by atoms with E-state index in [4.69, 9.17) is 9.84 Å². The molecule has 4 nitrogen and oxygen atoms in total. The van der Waals surface area contributed by atoms with Gasteiger partial charge in [-0.25, -0.2) is 0 Å². The standard InChI is InChI=1S/C44H84O4/c1-3-5-7-9-11-12-13-14-15-16-17-18-19-20-21-22-23-24-25-26-27-29-31-37-41-44(47)48-42(38-34-30-28-10-8-6-4-2)39-35-32-33-36-40-43(45)46/h34,38,42H,3-33,35-37,39-41H2,1-2H3,(H,45,46)/b38-34-. The molecule has 0 aromatic carbocycles. The highest BCUT2D eigenvalue weighted by molar-refractivity contribution is 5.69. The molecule has 0 aliphatic carbocycles. The van der Waals surface area contributed by atoms with Gasteiger partial charge in [-0.3, -0.25) is 9.59 Å². The highest BCUT2D eigenvalue weighted by Gasteiger charge is 2.11. The summed E-state index contributed by atoms with van der Waals surface area (Å²) in [5.41, 5.74) is 0. The maximum absolute atomic E-state index is 12.6. The van der Waals surface area contributed by atoms with E-state index in [1.165, 1.54) is 173 Å². The molecule has 0 aromatic rings. The zero-order valence-electron chi connectivity index (χ0n) is 32.6. The van der Waals surface area contributed by atoms with Crippen molar-refractivity contribution in [2.75, 3.05) is 0 Å². The van der Waals surface area contributed by atoms with Gasteiger partial charge in [-0.05, 0) is 44.6 Å². The van der Waals surface area contributed by atoms with Gasteiger partial charge >= 0.3 is 11.9 Å². The lowest BCUT2D eigenvalue weighted by Crippen LogP contribution is -2.16. The van der Waals surface area contributed by atoms with Crippen LogP contribution in [0, 0.1) is 0 Å². The number of hydrogen-bond acceptors (Lipinski definition) is 3. The van der Waals surface area contributed by atoms with Crippen molar-refractivity contribution in [3.63, 3.8) is 0 Å². The summed E-state index contributed by atoms with van der Waals surface area (Å²) >= 11 is 0. The van der Waals surface area contributed by atoms with E-state index in [0.29, 0.717) is 6.42 Å². The maximum atomic E-state index is 12.6. The number of carbonyl (C=O) groups excluding carboxylic acids is 1. The molecule has 1 atom stereocenters. The fourth-order valence-electron chi connectivity index (χ4n) is 6.74.